The highest BCUT2D eigenvalue weighted by atomic mass is 35.6. The molecule has 0 saturated heterocycles. The first-order valence-electron chi connectivity index (χ1n) is 8.74. The number of carbonyl (C=O) groups excluding carboxylic acids is 2. The third kappa shape index (κ3) is 7.34. The van der Waals surface area contributed by atoms with Gasteiger partial charge >= 0.3 is 12.1 Å². The summed E-state index contributed by atoms with van der Waals surface area (Å²) >= 11 is 17.3. The van der Waals surface area contributed by atoms with Gasteiger partial charge in [0.2, 0.25) is 9.55 Å². The van der Waals surface area contributed by atoms with Crippen LogP contribution in [0.2, 0.25) is 0 Å². The fourth-order valence-corrected chi connectivity index (χ4v) is 2.21. The van der Waals surface area contributed by atoms with Crippen molar-refractivity contribution in [3.8, 4) is 0 Å². The number of methoxy groups -OCH3 is 1. The molecule has 1 aromatic heterocycles. The predicted octanol–water partition coefficient (Wildman–Crippen LogP) is 5.02. The van der Waals surface area contributed by atoms with Crippen LogP contribution in [-0.4, -0.2) is 38.6 Å². The maximum Gasteiger partial charge on any atom is 0.514 e. The van der Waals surface area contributed by atoms with Crippen LogP contribution in [0.15, 0.2) is 42.4 Å². The molecule has 0 aliphatic rings. The second-order valence-electron chi connectivity index (χ2n) is 6.72. The number of hydrogen-bond acceptors (Lipinski definition) is 7. The Bertz CT molecular complexity index is 958. The van der Waals surface area contributed by atoms with Crippen molar-refractivity contribution < 1.29 is 28.2 Å². The van der Waals surface area contributed by atoms with E-state index in [-0.39, 0.29) is 11.6 Å². The number of benzene rings is 1. The van der Waals surface area contributed by atoms with Gasteiger partial charge in [-0.05, 0) is 37.1 Å². The molecule has 1 aromatic carbocycles. The summed E-state index contributed by atoms with van der Waals surface area (Å²) < 4.78 is 25.5. The Kier molecular flexibility index (Phi) is 8.22. The summed E-state index contributed by atoms with van der Waals surface area (Å²) in [4.78, 5) is 32.2. The molecule has 0 unspecified atom stereocenters. The summed E-state index contributed by atoms with van der Waals surface area (Å²) in [6.45, 7) is 2.71. The summed E-state index contributed by atoms with van der Waals surface area (Å²) in [6.07, 6.45) is 3.31. The van der Waals surface area contributed by atoms with Crippen molar-refractivity contribution in [1.82, 2.24) is 9.97 Å². The SMILES string of the molecule is COC(=O)/C(=C/c1ncc(Cc2ccc(F)cc2)cn1)OC(=O)OC(C)(C)C(Cl)(Cl)Cl. The maximum atomic E-state index is 13.0. The number of esters is 1. The standard InChI is InChI=1S/C20H18Cl3FN2O5/c1-19(2,20(21,22)23)31-18(28)30-15(17(27)29-3)9-16-25-10-13(11-26-16)8-12-4-6-14(24)7-5-12/h4-7,9-11H,8H2,1-3H3/b15-9-. The van der Waals surface area contributed by atoms with E-state index in [1.54, 1.807) is 12.1 Å². The number of ether oxygens (including phenoxy) is 3. The number of halogens is 4. The number of alkyl halides is 3. The zero-order chi connectivity index (χ0) is 23.2. The monoisotopic (exact) mass is 490 g/mol. The molecule has 0 aliphatic heterocycles. The van der Waals surface area contributed by atoms with Gasteiger partial charge in [0.15, 0.2) is 11.4 Å². The molecule has 0 aliphatic carbocycles. The highest BCUT2D eigenvalue weighted by Crippen LogP contribution is 2.40. The number of carbonyl (C=O) groups is 2. The van der Waals surface area contributed by atoms with Crippen molar-refractivity contribution in [3.05, 3.63) is 65.2 Å². The summed E-state index contributed by atoms with van der Waals surface area (Å²) in [5, 5.41) is 0. The lowest BCUT2D eigenvalue weighted by atomic mass is 10.1. The second-order valence-corrected chi connectivity index (χ2v) is 9.00. The van der Waals surface area contributed by atoms with Gasteiger partial charge in [-0.25, -0.2) is 23.9 Å². The normalized spacial score (nSPS) is 12.3. The Morgan fingerprint density at radius 2 is 1.65 bits per heavy atom. The largest absolute Gasteiger partial charge is 0.514 e. The van der Waals surface area contributed by atoms with Gasteiger partial charge in [0.1, 0.15) is 5.82 Å². The lowest BCUT2D eigenvalue weighted by molar-refractivity contribution is -0.139. The Morgan fingerprint density at radius 1 is 1.06 bits per heavy atom. The van der Waals surface area contributed by atoms with E-state index < -0.39 is 27.3 Å². The van der Waals surface area contributed by atoms with E-state index in [1.807, 2.05) is 0 Å². The van der Waals surface area contributed by atoms with E-state index in [0.29, 0.717) is 6.42 Å². The summed E-state index contributed by atoms with van der Waals surface area (Å²) in [5.74, 6) is -1.76. The molecule has 2 aromatic rings. The predicted molar refractivity (Wildman–Crippen MR) is 113 cm³/mol. The number of hydrogen-bond donors (Lipinski definition) is 0. The molecule has 0 atom stereocenters. The first-order chi connectivity index (χ1) is 14.4. The van der Waals surface area contributed by atoms with Crippen LogP contribution in [0.3, 0.4) is 0 Å². The molecule has 0 radical (unpaired) electrons. The van der Waals surface area contributed by atoms with Gasteiger partial charge in [0.05, 0.1) is 7.11 Å². The minimum absolute atomic E-state index is 0.0664. The van der Waals surface area contributed by atoms with Crippen molar-refractivity contribution in [1.29, 1.82) is 0 Å². The minimum atomic E-state index is -1.94. The lowest BCUT2D eigenvalue weighted by Gasteiger charge is -2.31. The highest BCUT2D eigenvalue weighted by Gasteiger charge is 2.45. The summed E-state index contributed by atoms with van der Waals surface area (Å²) in [6, 6.07) is 6.01. The van der Waals surface area contributed by atoms with Crippen molar-refractivity contribution in [2.24, 2.45) is 0 Å². The first kappa shape index (κ1) is 24.8. The van der Waals surface area contributed by atoms with E-state index in [1.165, 1.54) is 38.4 Å². The topological polar surface area (TPSA) is 87.6 Å². The molecule has 166 valence electrons. The van der Waals surface area contributed by atoms with Gasteiger partial charge in [0.25, 0.3) is 0 Å². The second kappa shape index (κ2) is 10.3. The molecule has 0 N–H and O–H groups in total. The average molecular weight is 492 g/mol. The molecule has 0 saturated carbocycles. The van der Waals surface area contributed by atoms with Crippen LogP contribution < -0.4 is 0 Å². The summed E-state index contributed by atoms with van der Waals surface area (Å²) in [5.41, 5.74) is 0.0633. The lowest BCUT2D eigenvalue weighted by Crippen LogP contribution is -2.41. The van der Waals surface area contributed by atoms with E-state index in [4.69, 9.17) is 44.3 Å². The van der Waals surface area contributed by atoms with Crippen molar-refractivity contribution in [2.45, 2.75) is 29.7 Å². The molecule has 1 heterocycles. The van der Waals surface area contributed by atoms with Gasteiger partial charge in [0, 0.05) is 24.9 Å². The molecule has 0 spiro atoms. The van der Waals surface area contributed by atoms with E-state index in [2.05, 4.69) is 14.7 Å². The summed E-state index contributed by atoms with van der Waals surface area (Å²) in [7, 11) is 1.10. The molecule has 0 bridgehead atoms. The molecule has 31 heavy (non-hydrogen) atoms. The zero-order valence-corrected chi connectivity index (χ0v) is 19.0. The molecule has 7 nitrogen and oxygen atoms in total. The minimum Gasteiger partial charge on any atom is -0.463 e. The Balaban J connectivity index is 2.14. The van der Waals surface area contributed by atoms with Crippen molar-refractivity contribution in [2.75, 3.05) is 7.11 Å². The van der Waals surface area contributed by atoms with Crippen LogP contribution in [0.4, 0.5) is 9.18 Å². The van der Waals surface area contributed by atoms with Crippen molar-refractivity contribution >= 4 is 53.0 Å². The molecule has 11 heteroatoms. The van der Waals surface area contributed by atoms with Crippen LogP contribution >= 0.6 is 34.8 Å². The number of aromatic nitrogens is 2. The van der Waals surface area contributed by atoms with Gasteiger partial charge < -0.3 is 14.2 Å². The fraction of sp³-hybridized carbons (Fsp3) is 0.300. The number of rotatable bonds is 6. The molecular weight excluding hydrogens is 474 g/mol. The van der Waals surface area contributed by atoms with Crippen LogP contribution in [0, 0.1) is 5.82 Å². The smallest absolute Gasteiger partial charge is 0.463 e. The highest BCUT2D eigenvalue weighted by molar-refractivity contribution is 6.68. The maximum absolute atomic E-state index is 13.0. The van der Waals surface area contributed by atoms with Crippen LogP contribution in [0.25, 0.3) is 6.08 Å². The average Bonchev–Trinajstić information content (AvgIpc) is 2.68. The van der Waals surface area contributed by atoms with Gasteiger partial charge in [-0.3, -0.25) is 0 Å². The Labute approximate surface area is 193 Å². The first-order valence-corrected chi connectivity index (χ1v) is 9.87. The van der Waals surface area contributed by atoms with E-state index >= 15 is 0 Å². The zero-order valence-electron chi connectivity index (χ0n) is 16.7. The van der Waals surface area contributed by atoms with Crippen LogP contribution in [0.5, 0.6) is 0 Å². The Hall–Kier alpha value is -2.42. The van der Waals surface area contributed by atoms with Crippen LogP contribution in [-0.2, 0) is 25.4 Å². The van der Waals surface area contributed by atoms with E-state index in [0.717, 1.165) is 24.3 Å². The van der Waals surface area contributed by atoms with Crippen molar-refractivity contribution in [3.63, 3.8) is 0 Å². The Morgan fingerprint density at radius 3 is 2.16 bits per heavy atom. The molecule has 2 rings (SSSR count). The third-order valence-corrected chi connectivity index (χ3v) is 5.27. The molecular formula is C20H18Cl3FN2O5. The fourth-order valence-electron chi connectivity index (χ4n) is 2.09. The quantitative estimate of drug-likeness (QED) is 0.243. The molecule has 0 fully saturated rings. The van der Waals surface area contributed by atoms with Crippen LogP contribution in [0.1, 0.15) is 30.8 Å². The van der Waals surface area contributed by atoms with Gasteiger partial charge in [-0.1, -0.05) is 46.9 Å². The molecule has 0 amide bonds. The van der Waals surface area contributed by atoms with E-state index in [9.17, 15) is 14.0 Å². The van der Waals surface area contributed by atoms with Gasteiger partial charge in [-0.2, -0.15) is 0 Å². The number of nitrogens with zero attached hydrogens (tertiary/aromatic N) is 2. The third-order valence-electron chi connectivity index (χ3n) is 3.91. The van der Waals surface area contributed by atoms with Gasteiger partial charge in [-0.15, -0.1) is 0 Å².